The second-order valence-corrected chi connectivity index (χ2v) is 8.24. The molecule has 9 heteroatoms. The molecule has 0 radical (unpaired) electrons. The fraction of sp³-hybridized carbons (Fsp3) is 0.148. The van der Waals surface area contributed by atoms with E-state index in [1.54, 1.807) is 36.4 Å². The van der Waals surface area contributed by atoms with Crippen LogP contribution in [0.1, 0.15) is 11.1 Å². The van der Waals surface area contributed by atoms with Gasteiger partial charge in [-0.05, 0) is 35.4 Å². The molecule has 3 aromatic carbocycles. The number of rotatable bonds is 8. The van der Waals surface area contributed by atoms with E-state index in [0.717, 1.165) is 5.56 Å². The van der Waals surface area contributed by atoms with Crippen LogP contribution in [0, 0.1) is 5.82 Å². The predicted molar refractivity (Wildman–Crippen MR) is 134 cm³/mol. The summed E-state index contributed by atoms with van der Waals surface area (Å²) in [6, 6.07) is 22.2. The molecule has 36 heavy (non-hydrogen) atoms. The zero-order valence-electron chi connectivity index (χ0n) is 19.4. The van der Waals surface area contributed by atoms with E-state index in [0.29, 0.717) is 22.5 Å². The Bertz CT molecular complexity index is 1570. The number of aromatic nitrogens is 4. The molecule has 0 spiro atoms. The fourth-order valence-electron chi connectivity index (χ4n) is 4.07. The van der Waals surface area contributed by atoms with Crippen molar-refractivity contribution in [2.75, 3.05) is 12.4 Å². The van der Waals surface area contributed by atoms with Crippen molar-refractivity contribution < 1.29 is 13.5 Å². The topological polar surface area (TPSA) is 74.0 Å². The Kier molecular flexibility index (Phi) is 6.44. The lowest BCUT2D eigenvalue weighted by Gasteiger charge is -2.11. The molecule has 0 aliphatic carbocycles. The molecule has 182 valence electrons. The minimum Gasteiger partial charge on any atom is -0.497 e. The van der Waals surface area contributed by atoms with Gasteiger partial charge in [0, 0.05) is 12.5 Å². The van der Waals surface area contributed by atoms with Gasteiger partial charge in [-0.1, -0.05) is 48.5 Å². The van der Waals surface area contributed by atoms with Gasteiger partial charge in [-0.15, -0.1) is 0 Å². The van der Waals surface area contributed by atoms with Crippen LogP contribution in [0.25, 0.3) is 16.9 Å². The van der Waals surface area contributed by atoms with E-state index < -0.39 is 17.8 Å². The third kappa shape index (κ3) is 4.81. The number of methoxy groups -OCH3 is 1. The third-order valence-electron chi connectivity index (χ3n) is 5.76. The van der Waals surface area contributed by atoms with Crippen LogP contribution in [0.3, 0.4) is 0 Å². The highest BCUT2D eigenvalue weighted by Gasteiger charge is 2.19. The minimum absolute atomic E-state index is 0.0467. The Morgan fingerprint density at radius 3 is 2.56 bits per heavy atom. The van der Waals surface area contributed by atoms with Crippen LogP contribution in [-0.4, -0.2) is 32.5 Å². The average molecular weight is 488 g/mol. The first-order valence-corrected chi connectivity index (χ1v) is 11.3. The summed E-state index contributed by atoms with van der Waals surface area (Å²) in [5.74, 6) is 0.210. The summed E-state index contributed by atoms with van der Waals surface area (Å²) in [6.45, 7) is 0.111. The average Bonchev–Trinajstić information content (AvgIpc) is 3.15. The van der Waals surface area contributed by atoms with Gasteiger partial charge in [-0.3, -0.25) is 4.57 Å². The summed E-state index contributed by atoms with van der Waals surface area (Å²) >= 11 is 0. The zero-order chi connectivity index (χ0) is 25.1. The highest BCUT2D eigenvalue weighted by molar-refractivity contribution is 5.74. The van der Waals surface area contributed by atoms with Gasteiger partial charge >= 0.3 is 5.69 Å². The number of imidazole rings is 1. The first kappa shape index (κ1) is 23.2. The van der Waals surface area contributed by atoms with Crippen LogP contribution in [0.2, 0.25) is 0 Å². The Hall–Kier alpha value is -4.53. The number of alkyl halides is 1. The van der Waals surface area contributed by atoms with E-state index >= 15 is 0 Å². The molecule has 1 atom stereocenters. The molecular formula is C27H23F2N5O2. The molecule has 0 aliphatic rings. The van der Waals surface area contributed by atoms with Crippen molar-refractivity contribution in [2.24, 2.45) is 0 Å². The highest BCUT2D eigenvalue weighted by Crippen LogP contribution is 2.22. The number of hydrogen-bond donors (Lipinski definition) is 1. The fourth-order valence-corrected chi connectivity index (χ4v) is 4.07. The maximum atomic E-state index is 14.8. The summed E-state index contributed by atoms with van der Waals surface area (Å²) in [4.78, 5) is 22.3. The predicted octanol–water partition coefficient (Wildman–Crippen LogP) is 4.73. The lowest BCUT2D eigenvalue weighted by molar-refractivity contribution is 0.369. The molecule has 0 bridgehead atoms. The molecule has 1 unspecified atom stereocenters. The molecule has 2 heterocycles. The highest BCUT2D eigenvalue weighted by atomic mass is 19.1. The van der Waals surface area contributed by atoms with E-state index in [2.05, 4.69) is 15.3 Å². The summed E-state index contributed by atoms with van der Waals surface area (Å²) < 4.78 is 36.8. The Morgan fingerprint density at radius 1 is 1.00 bits per heavy atom. The first-order chi connectivity index (χ1) is 17.5. The van der Waals surface area contributed by atoms with E-state index in [-0.39, 0.29) is 24.6 Å². The van der Waals surface area contributed by atoms with Crippen LogP contribution in [-0.2, 0) is 13.0 Å². The number of fused-ring (bicyclic) bond motifs is 1. The molecule has 5 rings (SSSR count). The van der Waals surface area contributed by atoms with Crippen molar-refractivity contribution in [1.29, 1.82) is 0 Å². The van der Waals surface area contributed by atoms with Gasteiger partial charge in [-0.25, -0.2) is 23.1 Å². The van der Waals surface area contributed by atoms with Crippen molar-refractivity contribution in [1.82, 2.24) is 19.1 Å². The number of halogens is 2. The number of hydrogen-bond acceptors (Lipinski definition) is 5. The summed E-state index contributed by atoms with van der Waals surface area (Å²) in [5, 5.41) is 2.68. The van der Waals surface area contributed by atoms with Crippen LogP contribution < -0.4 is 15.7 Å². The summed E-state index contributed by atoms with van der Waals surface area (Å²) in [6.07, 6.45) is 0.166. The smallest absolute Gasteiger partial charge is 0.335 e. The third-order valence-corrected chi connectivity index (χ3v) is 5.76. The molecule has 2 aromatic heterocycles. The maximum absolute atomic E-state index is 14.8. The monoisotopic (exact) mass is 487 g/mol. The van der Waals surface area contributed by atoms with Gasteiger partial charge in [0.05, 0.1) is 25.5 Å². The SMILES string of the molecule is COc1cccc(-n2c(=O)n(Cc3cccc(F)c3)c3cnc(NC(F)Cc4ccccc4)nc32)c1. The van der Waals surface area contributed by atoms with Crippen molar-refractivity contribution >= 4 is 17.1 Å². The number of nitrogens with zero attached hydrogens (tertiary/aromatic N) is 4. The number of ether oxygens (including phenoxy) is 1. The zero-order valence-corrected chi connectivity index (χ0v) is 19.4. The van der Waals surface area contributed by atoms with Crippen LogP contribution in [0.5, 0.6) is 5.75 Å². The molecule has 0 saturated carbocycles. The molecule has 7 nitrogen and oxygen atoms in total. The van der Waals surface area contributed by atoms with Gasteiger partial charge in [0.1, 0.15) is 17.1 Å². The van der Waals surface area contributed by atoms with Gasteiger partial charge in [0.25, 0.3) is 0 Å². The quantitative estimate of drug-likeness (QED) is 0.321. The van der Waals surface area contributed by atoms with Crippen molar-refractivity contribution in [3.8, 4) is 11.4 Å². The molecular weight excluding hydrogens is 464 g/mol. The van der Waals surface area contributed by atoms with Gasteiger partial charge in [0.2, 0.25) is 5.95 Å². The first-order valence-electron chi connectivity index (χ1n) is 11.3. The van der Waals surface area contributed by atoms with E-state index in [9.17, 15) is 13.6 Å². The number of benzene rings is 3. The van der Waals surface area contributed by atoms with E-state index in [4.69, 9.17) is 4.74 Å². The molecule has 0 amide bonds. The second-order valence-electron chi connectivity index (χ2n) is 8.24. The summed E-state index contributed by atoms with van der Waals surface area (Å²) in [7, 11) is 1.54. The molecule has 0 saturated heterocycles. The van der Waals surface area contributed by atoms with E-state index in [1.165, 1.54) is 34.6 Å². The molecule has 1 N–H and O–H groups in total. The normalized spacial score (nSPS) is 12.0. The standard InChI is InChI=1S/C27H23F2N5O2/c1-36-22-12-6-11-21(15-22)34-25-23(33(27(34)35)17-19-9-5-10-20(28)13-19)16-30-26(32-25)31-24(29)14-18-7-3-2-4-8-18/h2-13,15-16,24H,14,17H2,1H3,(H,30,31,32). The lowest BCUT2D eigenvalue weighted by Crippen LogP contribution is -2.24. The Morgan fingerprint density at radius 2 is 1.78 bits per heavy atom. The van der Waals surface area contributed by atoms with Crippen molar-refractivity contribution in [2.45, 2.75) is 19.3 Å². The minimum atomic E-state index is -1.43. The molecule has 0 aliphatic heterocycles. The molecule has 5 aromatic rings. The molecule has 0 fully saturated rings. The van der Waals surface area contributed by atoms with Crippen LogP contribution in [0.15, 0.2) is 89.9 Å². The van der Waals surface area contributed by atoms with Crippen LogP contribution >= 0.6 is 0 Å². The summed E-state index contributed by atoms with van der Waals surface area (Å²) in [5.41, 5.74) is 2.28. The lowest BCUT2D eigenvalue weighted by atomic mass is 10.1. The van der Waals surface area contributed by atoms with Crippen LogP contribution in [0.4, 0.5) is 14.7 Å². The Balaban J connectivity index is 1.57. The number of anilines is 1. The van der Waals surface area contributed by atoms with Gasteiger partial charge < -0.3 is 10.1 Å². The maximum Gasteiger partial charge on any atom is 0.335 e. The van der Waals surface area contributed by atoms with Gasteiger partial charge in [0.15, 0.2) is 11.9 Å². The van der Waals surface area contributed by atoms with E-state index in [1.807, 2.05) is 30.3 Å². The van der Waals surface area contributed by atoms with Gasteiger partial charge in [-0.2, -0.15) is 4.98 Å². The largest absolute Gasteiger partial charge is 0.497 e. The Labute approximate surface area is 205 Å². The number of nitrogens with one attached hydrogen (secondary N) is 1. The van der Waals surface area contributed by atoms with Crippen molar-refractivity contribution in [3.63, 3.8) is 0 Å². The second kappa shape index (κ2) is 9.99. The van der Waals surface area contributed by atoms with Crippen molar-refractivity contribution in [3.05, 3.63) is 112 Å².